The highest BCUT2D eigenvalue weighted by Gasteiger charge is 2.23. The minimum Gasteiger partial charge on any atom is -0.340 e. The maximum Gasteiger partial charge on any atom is 0.0947 e. The van der Waals surface area contributed by atoms with E-state index < -0.39 is 0 Å². The highest BCUT2D eigenvalue weighted by Crippen LogP contribution is 2.22. The Balaban J connectivity index is 2.12. The molecule has 0 saturated carbocycles. The Hall–Kier alpha value is -0.870. The number of nitrogens with zero attached hydrogens (tertiary/aromatic N) is 3. The average Bonchev–Trinajstić information content (AvgIpc) is 2.79. The largest absolute Gasteiger partial charge is 0.340 e. The predicted molar refractivity (Wildman–Crippen MR) is 55.8 cm³/mol. The Morgan fingerprint density at radius 3 is 2.71 bits per heavy atom. The number of hydrogen-bond donors (Lipinski definition) is 1. The maximum absolute atomic E-state index is 5.80. The van der Waals surface area contributed by atoms with E-state index in [-0.39, 0.29) is 0 Å². The molecule has 1 aliphatic rings. The minimum atomic E-state index is 0.318. The molecule has 2 rings (SSSR count). The quantitative estimate of drug-likeness (QED) is 0.763. The van der Waals surface area contributed by atoms with Crippen LogP contribution < -0.4 is 5.73 Å². The van der Waals surface area contributed by atoms with Gasteiger partial charge in [-0.05, 0) is 25.9 Å². The van der Waals surface area contributed by atoms with Crippen LogP contribution >= 0.6 is 0 Å². The van der Waals surface area contributed by atoms with E-state index in [4.69, 9.17) is 5.73 Å². The van der Waals surface area contributed by atoms with Gasteiger partial charge in [0.25, 0.3) is 0 Å². The molecular formula is C10H18N4. The predicted octanol–water partition coefficient (Wildman–Crippen LogP) is 0.516. The number of likely N-dealkylation sites (tertiary alicyclic amines) is 1. The lowest BCUT2D eigenvalue weighted by Gasteiger charge is -2.24. The number of aromatic nitrogens is 2. The van der Waals surface area contributed by atoms with E-state index in [0.29, 0.717) is 12.6 Å². The first-order valence-corrected chi connectivity index (χ1v) is 5.23. The zero-order valence-corrected chi connectivity index (χ0v) is 8.69. The van der Waals surface area contributed by atoms with Crippen molar-refractivity contribution in [2.45, 2.75) is 18.9 Å². The van der Waals surface area contributed by atoms with Gasteiger partial charge in [0, 0.05) is 19.8 Å². The summed E-state index contributed by atoms with van der Waals surface area (Å²) in [7, 11) is 1.99. The first-order chi connectivity index (χ1) is 6.81. The summed E-state index contributed by atoms with van der Waals surface area (Å²) in [6, 6.07) is 0.318. The van der Waals surface area contributed by atoms with Gasteiger partial charge in [0.15, 0.2) is 0 Å². The molecular weight excluding hydrogens is 176 g/mol. The third-order valence-electron chi connectivity index (χ3n) is 2.87. The minimum absolute atomic E-state index is 0.318. The summed E-state index contributed by atoms with van der Waals surface area (Å²) in [5.74, 6) is 0. The summed E-state index contributed by atoms with van der Waals surface area (Å²) in [6.45, 7) is 2.99. The van der Waals surface area contributed by atoms with Crippen LogP contribution in [-0.4, -0.2) is 34.1 Å². The molecule has 4 heteroatoms. The summed E-state index contributed by atoms with van der Waals surface area (Å²) in [5, 5.41) is 0. The van der Waals surface area contributed by atoms with Gasteiger partial charge in [-0.3, -0.25) is 4.90 Å². The topological polar surface area (TPSA) is 47.1 Å². The van der Waals surface area contributed by atoms with Crippen LogP contribution in [0.4, 0.5) is 0 Å². The van der Waals surface area contributed by atoms with E-state index in [2.05, 4.69) is 16.1 Å². The fourth-order valence-electron chi connectivity index (χ4n) is 2.12. The SMILES string of the molecule is Cn1cnc(C(CN)N2CCCC2)c1. The van der Waals surface area contributed by atoms with Crippen molar-refractivity contribution in [1.82, 2.24) is 14.5 Å². The third-order valence-corrected chi connectivity index (χ3v) is 2.87. The van der Waals surface area contributed by atoms with Crippen molar-refractivity contribution in [2.75, 3.05) is 19.6 Å². The number of aryl methyl sites for hydroxylation is 1. The first-order valence-electron chi connectivity index (χ1n) is 5.23. The molecule has 1 saturated heterocycles. The Bertz CT molecular complexity index is 288. The fraction of sp³-hybridized carbons (Fsp3) is 0.700. The van der Waals surface area contributed by atoms with Crippen LogP contribution in [0.5, 0.6) is 0 Å². The van der Waals surface area contributed by atoms with Crippen molar-refractivity contribution in [3.63, 3.8) is 0 Å². The molecule has 1 unspecified atom stereocenters. The smallest absolute Gasteiger partial charge is 0.0947 e. The maximum atomic E-state index is 5.80. The summed E-state index contributed by atoms with van der Waals surface area (Å²) >= 11 is 0. The third kappa shape index (κ3) is 1.81. The normalized spacial score (nSPS) is 20.1. The van der Waals surface area contributed by atoms with Gasteiger partial charge in [-0.2, -0.15) is 0 Å². The van der Waals surface area contributed by atoms with Crippen LogP contribution in [0.3, 0.4) is 0 Å². The summed E-state index contributed by atoms with van der Waals surface area (Å²) in [4.78, 5) is 6.81. The molecule has 0 radical (unpaired) electrons. The molecule has 0 aromatic carbocycles. The van der Waals surface area contributed by atoms with Gasteiger partial charge < -0.3 is 10.3 Å². The average molecular weight is 194 g/mol. The molecule has 1 aromatic heterocycles. The van der Waals surface area contributed by atoms with E-state index in [9.17, 15) is 0 Å². The second kappa shape index (κ2) is 4.11. The Morgan fingerprint density at radius 1 is 1.50 bits per heavy atom. The number of hydrogen-bond acceptors (Lipinski definition) is 3. The van der Waals surface area contributed by atoms with Gasteiger partial charge in [0.2, 0.25) is 0 Å². The number of imidazole rings is 1. The van der Waals surface area contributed by atoms with Gasteiger partial charge in [-0.1, -0.05) is 0 Å². The molecule has 78 valence electrons. The molecule has 0 aliphatic carbocycles. The van der Waals surface area contributed by atoms with Crippen LogP contribution in [0, 0.1) is 0 Å². The lowest BCUT2D eigenvalue weighted by molar-refractivity contribution is 0.247. The summed E-state index contributed by atoms with van der Waals surface area (Å²) < 4.78 is 1.98. The van der Waals surface area contributed by atoms with E-state index in [1.54, 1.807) is 0 Å². The van der Waals surface area contributed by atoms with E-state index in [1.165, 1.54) is 25.9 Å². The lowest BCUT2D eigenvalue weighted by atomic mass is 10.2. The van der Waals surface area contributed by atoms with Crippen molar-refractivity contribution < 1.29 is 0 Å². The zero-order valence-electron chi connectivity index (χ0n) is 8.69. The van der Waals surface area contributed by atoms with Gasteiger partial charge in [0.05, 0.1) is 18.1 Å². The second-order valence-corrected chi connectivity index (χ2v) is 3.96. The summed E-state index contributed by atoms with van der Waals surface area (Å²) in [6.07, 6.45) is 6.50. The Labute approximate surface area is 84.7 Å². The van der Waals surface area contributed by atoms with Gasteiger partial charge >= 0.3 is 0 Å². The van der Waals surface area contributed by atoms with Crippen LogP contribution in [0.1, 0.15) is 24.6 Å². The second-order valence-electron chi connectivity index (χ2n) is 3.96. The zero-order chi connectivity index (χ0) is 9.97. The molecule has 1 aromatic rings. The van der Waals surface area contributed by atoms with Crippen molar-refractivity contribution in [3.05, 3.63) is 18.2 Å². The number of rotatable bonds is 3. The molecule has 1 aliphatic heterocycles. The van der Waals surface area contributed by atoms with Crippen LogP contribution in [-0.2, 0) is 7.05 Å². The lowest BCUT2D eigenvalue weighted by Crippen LogP contribution is -2.31. The van der Waals surface area contributed by atoms with Crippen molar-refractivity contribution in [1.29, 1.82) is 0 Å². The molecule has 14 heavy (non-hydrogen) atoms. The molecule has 1 atom stereocenters. The van der Waals surface area contributed by atoms with Crippen molar-refractivity contribution in [2.24, 2.45) is 12.8 Å². The molecule has 2 heterocycles. The molecule has 0 bridgehead atoms. The van der Waals surface area contributed by atoms with Crippen molar-refractivity contribution in [3.8, 4) is 0 Å². The molecule has 4 nitrogen and oxygen atoms in total. The van der Waals surface area contributed by atoms with Crippen LogP contribution in [0.15, 0.2) is 12.5 Å². The van der Waals surface area contributed by atoms with E-state index >= 15 is 0 Å². The standard InChI is InChI=1S/C10H18N4/c1-13-7-9(12-8-13)10(6-11)14-4-2-3-5-14/h7-8,10H,2-6,11H2,1H3. The van der Waals surface area contributed by atoms with Crippen LogP contribution in [0.2, 0.25) is 0 Å². The molecule has 0 spiro atoms. The van der Waals surface area contributed by atoms with Crippen molar-refractivity contribution >= 4 is 0 Å². The van der Waals surface area contributed by atoms with E-state index in [1.807, 2.05) is 17.9 Å². The van der Waals surface area contributed by atoms with E-state index in [0.717, 1.165) is 5.69 Å². The fourth-order valence-corrected chi connectivity index (χ4v) is 2.12. The summed E-state index contributed by atoms with van der Waals surface area (Å²) in [5.41, 5.74) is 6.91. The monoisotopic (exact) mass is 194 g/mol. The molecule has 2 N–H and O–H groups in total. The Kier molecular flexibility index (Phi) is 2.84. The highest BCUT2D eigenvalue weighted by atomic mass is 15.2. The van der Waals surface area contributed by atoms with Gasteiger partial charge in [-0.15, -0.1) is 0 Å². The highest BCUT2D eigenvalue weighted by molar-refractivity contribution is 5.05. The first kappa shape index (κ1) is 9.68. The van der Waals surface area contributed by atoms with Gasteiger partial charge in [0.1, 0.15) is 0 Å². The van der Waals surface area contributed by atoms with Crippen LogP contribution in [0.25, 0.3) is 0 Å². The molecule has 0 amide bonds. The van der Waals surface area contributed by atoms with Gasteiger partial charge in [-0.25, -0.2) is 4.98 Å². The number of nitrogens with two attached hydrogens (primary N) is 1. The Morgan fingerprint density at radius 2 is 2.21 bits per heavy atom. The molecule has 1 fully saturated rings.